The molecule has 1 aliphatic heterocycles. The fourth-order valence-electron chi connectivity index (χ4n) is 2.45. The molecule has 0 spiro atoms. The molecule has 1 fully saturated rings. The second-order valence-electron chi connectivity index (χ2n) is 5.75. The lowest BCUT2D eigenvalue weighted by Gasteiger charge is -2.42. The Bertz CT molecular complexity index is 624. The van der Waals surface area contributed by atoms with E-state index < -0.39 is 49.1 Å². The Morgan fingerprint density at radius 2 is 1.73 bits per heavy atom. The Balaban J connectivity index is 2.10. The van der Waals surface area contributed by atoms with Crippen LogP contribution >= 0.6 is 0 Å². The Kier molecular flexibility index (Phi) is 6.60. The zero-order valence-corrected chi connectivity index (χ0v) is 14.2. The highest BCUT2D eigenvalue weighted by molar-refractivity contribution is 5.67. The fraction of sp³-hybridized carbons (Fsp3) is 0.529. The number of rotatable bonds is 6. The van der Waals surface area contributed by atoms with Gasteiger partial charge in [0.25, 0.3) is 0 Å². The predicted octanol–water partition coefficient (Wildman–Crippen LogP) is 2.40. The summed E-state index contributed by atoms with van der Waals surface area (Å²) in [6, 6.07) is 8.77. The van der Waals surface area contributed by atoms with E-state index in [0.717, 1.165) is 19.4 Å². The van der Waals surface area contributed by atoms with Crippen molar-refractivity contribution in [3.63, 3.8) is 0 Å². The summed E-state index contributed by atoms with van der Waals surface area (Å²) in [5.74, 6) is -5.89. The van der Waals surface area contributed by atoms with Crippen molar-refractivity contribution in [2.45, 2.75) is 51.0 Å². The van der Waals surface area contributed by atoms with Gasteiger partial charge >= 0.3 is 17.9 Å². The minimum Gasteiger partial charge on any atom is -0.453 e. The molecule has 0 aromatic heterocycles. The molecule has 2 rings (SSSR count). The third-order valence-electron chi connectivity index (χ3n) is 3.61. The lowest BCUT2D eigenvalue weighted by molar-refractivity contribution is -0.328. The number of ether oxygens (including phenoxy) is 4. The van der Waals surface area contributed by atoms with E-state index in [1.54, 1.807) is 30.3 Å². The van der Waals surface area contributed by atoms with E-state index in [2.05, 4.69) is 9.47 Å². The highest BCUT2D eigenvalue weighted by atomic mass is 19.3. The maximum absolute atomic E-state index is 14.5. The molecular formula is C17H19F3O6. The molecule has 1 aromatic carbocycles. The molecule has 0 unspecified atom stereocenters. The topological polar surface area (TPSA) is 71.1 Å². The molecule has 0 bridgehead atoms. The summed E-state index contributed by atoms with van der Waals surface area (Å²) in [5, 5.41) is 0. The van der Waals surface area contributed by atoms with E-state index in [9.17, 15) is 22.8 Å². The van der Waals surface area contributed by atoms with Gasteiger partial charge in [0.15, 0.2) is 6.10 Å². The smallest absolute Gasteiger partial charge is 0.315 e. The van der Waals surface area contributed by atoms with Crippen LogP contribution in [0, 0.1) is 0 Å². The Morgan fingerprint density at radius 1 is 1.12 bits per heavy atom. The zero-order chi connectivity index (χ0) is 19.3. The minimum absolute atomic E-state index is 0.0201. The molecule has 26 heavy (non-hydrogen) atoms. The molecule has 0 radical (unpaired) electrons. The molecule has 0 aliphatic carbocycles. The summed E-state index contributed by atoms with van der Waals surface area (Å²) >= 11 is 0. The van der Waals surface area contributed by atoms with E-state index in [-0.39, 0.29) is 6.61 Å². The highest BCUT2D eigenvalue weighted by Crippen LogP contribution is 2.38. The predicted molar refractivity (Wildman–Crippen MR) is 81.9 cm³/mol. The third kappa shape index (κ3) is 4.95. The molecule has 0 amide bonds. The van der Waals surface area contributed by atoms with Crippen LogP contribution in [0.3, 0.4) is 0 Å². The average Bonchev–Trinajstić information content (AvgIpc) is 2.56. The van der Waals surface area contributed by atoms with Crippen LogP contribution in [0.1, 0.15) is 19.4 Å². The van der Waals surface area contributed by atoms with Crippen LogP contribution in [0.4, 0.5) is 13.2 Å². The van der Waals surface area contributed by atoms with Gasteiger partial charge in [0.2, 0.25) is 18.6 Å². The first kappa shape index (κ1) is 20.2. The van der Waals surface area contributed by atoms with Crippen molar-refractivity contribution in [3.05, 3.63) is 35.9 Å². The summed E-state index contributed by atoms with van der Waals surface area (Å²) in [5.41, 5.74) is 0.739. The van der Waals surface area contributed by atoms with Crippen LogP contribution in [-0.4, -0.2) is 49.1 Å². The molecule has 0 saturated carbocycles. The molecule has 1 aromatic rings. The van der Waals surface area contributed by atoms with E-state index in [4.69, 9.17) is 9.47 Å². The summed E-state index contributed by atoms with van der Waals surface area (Å²) in [6.45, 7) is 1.25. The van der Waals surface area contributed by atoms with Gasteiger partial charge in [0, 0.05) is 13.8 Å². The van der Waals surface area contributed by atoms with Crippen LogP contribution in [-0.2, 0) is 35.1 Å². The maximum atomic E-state index is 14.5. The van der Waals surface area contributed by atoms with E-state index in [0.29, 0.717) is 0 Å². The molecule has 6 nitrogen and oxygen atoms in total. The van der Waals surface area contributed by atoms with Gasteiger partial charge in [0.1, 0.15) is 0 Å². The standard InChI is InChI=1S/C17H19F3O6/c1-10(21)24-15-14(18)16(25-11(2)22)26-13(17(15,19)20)9-23-8-12-6-4-3-5-7-12/h3-7,13-16H,8-9H2,1-2H3/t13-,14+,15-,16+/m1/s1. The first-order valence-corrected chi connectivity index (χ1v) is 7.85. The summed E-state index contributed by atoms with van der Waals surface area (Å²) in [6.07, 6.45) is -8.89. The number of hydrogen-bond donors (Lipinski definition) is 0. The van der Waals surface area contributed by atoms with Crippen molar-refractivity contribution < 1.29 is 41.7 Å². The Morgan fingerprint density at radius 3 is 2.31 bits per heavy atom. The molecule has 1 aliphatic rings. The normalized spacial score (nSPS) is 27.6. The number of carbonyl (C=O) groups excluding carboxylic acids is 2. The van der Waals surface area contributed by atoms with Crippen molar-refractivity contribution in [2.75, 3.05) is 6.61 Å². The number of carbonyl (C=O) groups is 2. The lowest BCUT2D eigenvalue weighted by Crippen LogP contribution is -2.63. The molecule has 9 heteroatoms. The van der Waals surface area contributed by atoms with Crippen LogP contribution in [0.25, 0.3) is 0 Å². The van der Waals surface area contributed by atoms with Gasteiger partial charge < -0.3 is 18.9 Å². The minimum atomic E-state index is -3.88. The molecule has 0 N–H and O–H groups in total. The highest BCUT2D eigenvalue weighted by Gasteiger charge is 2.62. The third-order valence-corrected chi connectivity index (χ3v) is 3.61. The molecule has 1 heterocycles. The van der Waals surface area contributed by atoms with Gasteiger partial charge in [0.05, 0.1) is 13.2 Å². The second-order valence-corrected chi connectivity index (χ2v) is 5.75. The van der Waals surface area contributed by atoms with E-state index >= 15 is 0 Å². The van der Waals surface area contributed by atoms with Crippen LogP contribution in [0.15, 0.2) is 30.3 Å². The maximum Gasteiger partial charge on any atom is 0.315 e. The largest absolute Gasteiger partial charge is 0.453 e. The summed E-state index contributed by atoms with van der Waals surface area (Å²) < 4.78 is 62.5. The Labute approximate surface area is 148 Å². The quantitative estimate of drug-likeness (QED) is 0.710. The zero-order valence-electron chi connectivity index (χ0n) is 14.2. The summed E-state index contributed by atoms with van der Waals surface area (Å²) in [4.78, 5) is 22.1. The fourth-order valence-corrected chi connectivity index (χ4v) is 2.45. The van der Waals surface area contributed by atoms with Crippen molar-refractivity contribution in [3.8, 4) is 0 Å². The number of hydrogen-bond acceptors (Lipinski definition) is 6. The molecule has 4 atom stereocenters. The first-order chi connectivity index (χ1) is 12.2. The first-order valence-electron chi connectivity index (χ1n) is 7.85. The van der Waals surface area contributed by atoms with Crippen LogP contribution < -0.4 is 0 Å². The summed E-state index contributed by atoms with van der Waals surface area (Å²) in [7, 11) is 0. The van der Waals surface area contributed by atoms with Crippen LogP contribution in [0.5, 0.6) is 0 Å². The van der Waals surface area contributed by atoms with Gasteiger partial charge in [-0.05, 0) is 5.56 Å². The van der Waals surface area contributed by atoms with Crippen molar-refractivity contribution in [1.29, 1.82) is 0 Å². The van der Waals surface area contributed by atoms with E-state index in [1.807, 2.05) is 0 Å². The second kappa shape index (κ2) is 8.50. The van der Waals surface area contributed by atoms with Gasteiger partial charge in [-0.1, -0.05) is 30.3 Å². The lowest BCUT2D eigenvalue weighted by atomic mass is 9.98. The number of esters is 2. The van der Waals surface area contributed by atoms with Crippen molar-refractivity contribution in [1.82, 2.24) is 0 Å². The molecular weight excluding hydrogens is 357 g/mol. The van der Waals surface area contributed by atoms with Gasteiger partial charge in [-0.15, -0.1) is 0 Å². The van der Waals surface area contributed by atoms with Crippen molar-refractivity contribution >= 4 is 11.9 Å². The molecule has 1 saturated heterocycles. The number of alkyl halides is 3. The molecule has 144 valence electrons. The monoisotopic (exact) mass is 376 g/mol. The SMILES string of the molecule is CC(=O)O[C@H]1O[C@H](COCc2ccccc2)C(F)(F)[C@H](OC(C)=O)[C@@H]1F. The van der Waals surface area contributed by atoms with Gasteiger partial charge in [-0.3, -0.25) is 9.59 Å². The van der Waals surface area contributed by atoms with Crippen LogP contribution in [0.2, 0.25) is 0 Å². The number of benzene rings is 1. The average molecular weight is 376 g/mol. The number of halogens is 3. The van der Waals surface area contributed by atoms with Gasteiger partial charge in [-0.2, -0.15) is 8.78 Å². The Hall–Kier alpha value is -2.13. The van der Waals surface area contributed by atoms with Crippen molar-refractivity contribution in [2.24, 2.45) is 0 Å². The van der Waals surface area contributed by atoms with E-state index in [1.165, 1.54) is 0 Å². The van der Waals surface area contributed by atoms with Gasteiger partial charge in [-0.25, -0.2) is 4.39 Å².